The number of rotatable bonds is 6. The number of hydrogen-bond acceptors (Lipinski definition) is 5. The number of benzene rings is 1. The number of nitrogens with one attached hydrogen (secondary N) is 1. The van der Waals surface area contributed by atoms with Gasteiger partial charge >= 0.3 is 0 Å². The molecular formula is C15H20N4O. The Labute approximate surface area is 119 Å². The van der Waals surface area contributed by atoms with Gasteiger partial charge in [-0.3, -0.25) is 0 Å². The van der Waals surface area contributed by atoms with Gasteiger partial charge in [0.25, 0.3) is 0 Å². The lowest BCUT2D eigenvalue weighted by Gasteiger charge is -2.18. The number of nitrogen functional groups attached to an aromatic ring is 1. The molecule has 0 radical (unpaired) electrons. The molecule has 3 N–H and O–H groups in total. The third-order valence-electron chi connectivity index (χ3n) is 3.00. The molecular weight excluding hydrogens is 252 g/mol. The molecule has 0 saturated heterocycles. The molecule has 0 spiro atoms. The van der Waals surface area contributed by atoms with Crippen LogP contribution >= 0.6 is 0 Å². The Kier molecular flexibility index (Phi) is 4.90. The molecule has 2 aromatic rings. The molecule has 0 amide bonds. The Hall–Kier alpha value is -2.14. The first-order valence-electron chi connectivity index (χ1n) is 6.66. The molecule has 20 heavy (non-hydrogen) atoms. The predicted molar refractivity (Wildman–Crippen MR) is 80.3 cm³/mol. The van der Waals surface area contributed by atoms with Gasteiger partial charge in [0.05, 0.1) is 6.04 Å². The van der Waals surface area contributed by atoms with Crippen LogP contribution in [0.2, 0.25) is 0 Å². The van der Waals surface area contributed by atoms with E-state index in [9.17, 15) is 0 Å². The van der Waals surface area contributed by atoms with Crippen molar-refractivity contribution in [3.8, 4) is 0 Å². The normalized spacial score (nSPS) is 12.1. The summed E-state index contributed by atoms with van der Waals surface area (Å²) in [6, 6.07) is 12.2. The standard InChI is InChI=1S/C15H20N4O/c1-3-12(11-7-5-4-6-8-11)17-14-9-13(16)18-15(19-14)10-20-2/h4-9,12H,3,10H2,1-2H3,(H3,16,17,18,19). The Morgan fingerprint density at radius 1 is 1.25 bits per heavy atom. The topological polar surface area (TPSA) is 73.1 Å². The summed E-state index contributed by atoms with van der Waals surface area (Å²) >= 11 is 0. The highest BCUT2D eigenvalue weighted by molar-refractivity contribution is 5.46. The maximum absolute atomic E-state index is 5.80. The minimum atomic E-state index is 0.195. The second kappa shape index (κ2) is 6.86. The van der Waals surface area contributed by atoms with Crippen LogP contribution in [0.5, 0.6) is 0 Å². The van der Waals surface area contributed by atoms with Gasteiger partial charge in [0.1, 0.15) is 18.2 Å². The number of nitrogens with two attached hydrogens (primary N) is 1. The highest BCUT2D eigenvalue weighted by Crippen LogP contribution is 2.22. The Bertz CT molecular complexity index is 545. The summed E-state index contributed by atoms with van der Waals surface area (Å²) in [5.74, 6) is 1.75. The van der Waals surface area contributed by atoms with E-state index in [1.165, 1.54) is 5.56 Å². The second-order valence-electron chi connectivity index (χ2n) is 4.54. The summed E-state index contributed by atoms with van der Waals surface area (Å²) in [4.78, 5) is 8.54. The number of aromatic nitrogens is 2. The van der Waals surface area contributed by atoms with E-state index in [-0.39, 0.29) is 6.04 Å². The van der Waals surface area contributed by atoms with Gasteiger partial charge in [0.2, 0.25) is 0 Å². The fraction of sp³-hybridized carbons (Fsp3) is 0.333. The minimum Gasteiger partial charge on any atom is -0.384 e. The molecule has 0 aliphatic rings. The number of methoxy groups -OCH3 is 1. The highest BCUT2D eigenvalue weighted by Gasteiger charge is 2.10. The van der Waals surface area contributed by atoms with Crippen molar-refractivity contribution in [3.63, 3.8) is 0 Å². The fourth-order valence-corrected chi connectivity index (χ4v) is 2.07. The Morgan fingerprint density at radius 2 is 2.00 bits per heavy atom. The van der Waals surface area contributed by atoms with Gasteiger partial charge < -0.3 is 15.8 Å². The number of anilines is 2. The molecule has 0 fully saturated rings. The largest absolute Gasteiger partial charge is 0.384 e. The fourth-order valence-electron chi connectivity index (χ4n) is 2.07. The van der Waals surface area contributed by atoms with Crippen LogP contribution in [-0.2, 0) is 11.3 Å². The van der Waals surface area contributed by atoms with Crippen molar-refractivity contribution < 1.29 is 4.74 Å². The van der Waals surface area contributed by atoms with Crippen LogP contribution in [0.15, 0.2) is 36.4 Å². The lowest BCUT2D eigenvalue weighted by atomic mass is 10.0. The highest BCUT2D eigenvalue weighted by atomic mass is 16.5. The molecule has 1 aromatic heterocycles. The average molecular weight is 272 g/mol. The van der Waals surface area contributed by atoms with E-state index in [1.54, 1.807) is 13.2 Å². The summed E-state index contributed by atoms with van der Waals surface area (Å²) in [6.07, 6.45) is 0.952. The Balaban J connectivity index is 2.19. The van der Waals surface area contributed by atoms with Crippen LogP contribution < -0.4 is 11.1 Å². The van der Waals surface area contributed by atoms with Crippen LogP contribution in [0, 0.1) is 0 Å². The molecule has 1 aromatic carbocycles. The van der Waals surface area contributed by atoms with Crippen LogP contribution in [0.4, 0.5) is 11.6 Å². The van der Waals surface area contributed by atoms with Gasteiger partial charge in [-0.05, 0) is 12.0 Å². The van der Waals surface area contributed by atoms with E-state index in [2.05, 4.69) is 34.3 Å². The van der Waals surface area contributed by atoms with Crippen molar-refractivity contribution in [1.82, 2.24) is 9.97 Å². The summed E-state index contributed by atoms with van der Waals surface area (Å²) in [7, 11) is 1.61. The van der Waals surface area contributed by atoms with Crippen molar-refractivity contribution >= 4 is 11.6 Å². The molecule has 0 saturated carbocycles. The van der Waals surface area contributed by atoms with E-state index >= 15 is 0 Å². The lowest BCUT2D eigenvalue weighted by Crippen LogP contribution is -2.12. The van der Waals surface area contributed by atoms with Crippen LogP contribution in [0.25, 0.3) is 0 Å². The van der Waals surface area contributed by atoms with Crippen LogP contribution in [-0.4, -0.2) is 17.1 Å². The zero-order valence-corrected chi connectivity index (χ0v) is 11.8. The van der Waals surface area contributed by atoms with E-state index in [0.717, 1.165) is 12.2 Å². The molecule has 0 aliphatic carbocycles. The maximum Gasteiger partial charge on any atom is 0.158 e. The zero-order valence-electron chi connectivity index (χ0n) is 11.8. The smallest absolute Gasteiger partial charge is 0.158 e. The SMILES string of the molecule is CCC(Nc1cc(N)nc(COC)n1)c1ccccc1. The third kappa shape index (κ3) is 3.68. The second-order valence-corrected chi connectivity index (χ2v) is 4.54. The van der Waals surface area contributed by atoms with Gasteiger partial charge in [0, 0.05) is 13.2 Å². The monoisotopic (exact) mass is 272 g/mol. The maximum atomic E-state index is 5.80. The van der Waals surface area contributed by atoms with Gasteiger partial charge in [-0.25, -0.2) is 9.97 Å². The van der Waals surface area contributed by atoms with E-state index in [4.69, 9.17) is 10.5 Å². The van der Waals surface area contributed by atoms with Gasteiger partial charge in [-0.2, -0.15) is 0 Å². The molecule has 0 bridgehead atoms. The third-order valence-corrected chi connectivity index (χ3v) is 3.00. The molecule has 5 heteroatoms. The molecule has 1 unspecified atom stereocenters. The van der Waals surface area contributed by atoms with Crippen molar-refractivity contribution in [2.45, 2.75) is 26.0 Å². The zero-order chi connectivity index (χ0) is 14.4. The van der Waals surface area contributed by atoms with Gasteiger partial charge in [-0.15, -0.1) is 0 Å². The predicted octanol–water partition coefficient (Wildman–Crippen LogP) is 2.77. The lowest BCUT2D eigenvalue weighted by molar-refractivity contribution is 0.178. The van der Waals surface area contributed by atoms with Crippen molar-refractivity contribution in [3.05, 3.63) is 47.8 Å². The van der Waals surface area contributed by atoms with Crippen molar-refractivity contribution in [2.75, 3.05) is 18.2 Å². The first-order chi connectivity index (χ1) is 9.72. The van der Waals surface area contributed by atoms with Crippen molar-refractivity contribution in [2.24, 2.45) is 0 Å². The van der Waals surface area contributed by atoms with E-state index in [1.807, 2.05) is 18.2 Å². The summed E-state index contributed by atoms with van der Waals surface area (Å²) < 4.78 is 5.05. The Morgan fingerprint density at radius 3 is 2.65 bits per heavy atom. The molecule has 5 nitrogen and oxygen atoms in total. The van der Waals surface area contributed by atoms with Gasteiger partial charge in [-0.1, -0.05) is 37.3 Å². The molecule has 1 heterocycles. The number of hydrogen-bond donors (Lipinski definition) is 2. The molecule has 2 rings (SSSR count). The van der Waals surface area contributed by atoms with Crippen molar-refractivity contribution in [1.29, 1.82) is 0 Å². The van der Waals surface area contributed by atoms with Crippen LogP contribution in [0.3, 0.4) is 0 Å². The molecule has 0 aliphatic heterocycles. The van der Waals surface area contributed by atoms with E-state index in [0.29, 0.717) is 18.2 Å². The van der Waals surface area contributed by atoms with E-state index < -0.39 is 0 Å². The minimum absolute atomic E-state index is 0.195. The number of ether oxygens (including phenoxy) is 1. The molecule has 106 valence electrons. The average Bonchev–Trinajstić information content (AvgIpc) is 2.45. The van der Waals surface area contributed by atoms with Crippen LogP contribution in [0.1, 0.15) is 30.8 Å². The number of nitrogens with zero attached hydrogens (tertiary/aromatic N) is 2. The first kappa shape index (κ1) is 14.3. The quantitative estimate of drug-likeness (QED) is 0.846. The summed E-state index contributed by atoms with van der Waals surface area (Å²) in [5, 5.41) is 3.40. The van der Waals surface area contributed by atoms with Gasteiger partial charge in [0.15, 0.2) is 5.82 Å². The summed E-state index contributed by atoms with van der Waals surface area (Å²) in [6.45, 7) is 2.48. The summed E-state index contributed by atoms with van der Waals surface area (Å²) in [5.41, 5.74) is 7.02. The first-order valence-corrected chi connectivity index (χ1v) is 6.66. The molecule has 1 atom stereocenters.